The zero-order valence-corrected chi connectivity index (χ0v) is 9.78. The largest absolute Gasteiger partial charge is 0.497 e. The highest BCUT2D eigenvalue weighted by Gasteiger charge is 2.44. The number of methoxy groups -OCH3 is 1. The molecule has 0 aliphatic heterocycles. The molecule has 1 aromatic rings. The molecule has 0 saturated heterocycles. The van der Waals surface area contributed by atoms with Gasteiger partial charge in [-0.2, -0.15) is 8.78 Å². The van der Waals surface area contributed by atoms with E-state index in [0.717, 1.165) is 0 Å². The van der Waals surface area contributed by atoms with Crippen LogP contribution < -0.4 is 9.47 Å². The minimum absolute atomic E-state index is 0.0917. The van der Waals surface area contributed by atoms with Gasteiger partial charge in [0.2, 0.25) is 0 Å². The van der Waals surface area contributed by atoms with Crippen molar-refractivity contribution in [1.29, 1.82) is 0 Å². The average Bonchev–Trinajstić information content (AvgIpc) is 2.37. The lowest BCUT2D eigenvalue weighted by Gasteiger charge is -2.11. The van der Waals surface area contributed by atoms with Gasteiger partial charge in [0.1, 0.15) is 23.5 Å². The smallest absolute Gasteiger partial charge is 0.416 e. The van der Waals surface area contributed by atoms with Crippen LogP contribution in [0.3, 0.4) is 0 Å². The van der Waals surface area contributed by atoms with E-state index in [9.17, 15) is 13.6 Å². The van der Waals surface area contributed by atoms with E-state index >= 15 is 0 Å². The van der Waals surface area contributed by atoms with E-state index < -0.39 is 23.3 Å². The molecule has 1 N–H and O–H groups in total. The number of ether oxygens (including phenoxy) is 2. The summed E-state index contributed by atoms with van der Waals surface area (Å²) in [5.74, 6) is -1.48. The van der Waals surface area contributed by atoms with Crippen molar-refractivity contribution in [2.24, 2.45) is 0 Å². The molecule has 1 aromatic carbocycles. The van der Waals surface area contributed by atoms with Crippen LogP contribution in [-0.4, -0.2) is 23.6 Å². The highest BCUT2D eigenvalue weighted by Crippen LogP contribution is 2.32. The molecule has 0 atom stereocenters. The first-order chi connectivity index (χ1) is 8.49. The lowest BCUT2D eigenvalue weighted by Crippen LogP contribution is -2.29. The second-order valence-electron chi connectivity index (χ2n) is 2.81. The predicted octanol–water partition coefficient (Wildman–Crippen LogP) is 2.26. The Bertz CT molecular complexity index is 397. The first-order valence-corrected chi connectivity index (χ1v) is 5.14. The van der Waals surface area contributed by atoms with Crippen molar-refractivity contribution >= 4 is 18.0 Å². The summed E-state index contributed by atoms with van der Waals surface area (Å²) >= 11 is -0.691. The van der Waals surface area contributed by atoms with Gasteiger partial charge in [-0.05, 0) is 24.3 Å². The van der Waals surface area contributed by atoms with Crippen LogP contribution in [0.25, 0.3) is 0 Å². The fraction of sp³-hybridized carbons (Fsp3) is 0.222. The van der Waals surface area contributed by atoms with Crippen molar-refractivity contribution in [2.45, 2.75) is 5.25 Å². The molecule has 6 nitrogen and oxygen atoms in total. The third kappa shape index (κ3) is 4.11. The van der Waals surface area contributed by atoms with Gasteiger partial charge in [0.15, 0.2) is 0 Å². The molecule has 100 valence electrons. The lowest BCUT2D eigenvalue weighted by molar-refractivity contribution is -0.433. The molecular formula is C9H8F2O6S. The Hall–Kier alpha value is -1.42. The predicted molar refractivity (Wildman–Crippen MR) is 56.0 cm³/mol. The van der Waals surface area contributed by atoms with E-state index in [-0.39, 0.29) is 5.75 Å². The number of hydrogen-bond donors (Lipinski definition) is 1. The number of alkyl halides is 2. The maximum atomic E-state index is 13.0. The number of benzene rings is 1. The van der Waals surface area contributed by atoms with Crippen LogP contribution in [0.2, 0.25) is 0 Å². The highest BCUT2D eigenvalue weighted by molar-refractivity contribution is 7.96. The van der Waals surface area contributed by atoms with Crippen LogP contribution >= 0.6 is 12.0 Å². The molecule has 0 bridgehead atoms. The maximum absolute atomic E-state index is 13.0. The molecule has 0 aromatic heterocycles. The minimum atomic E-state index is -4.03. The van der Waals surface area contributed by atoms with E-state index in [1.54, 1.807) is 0 Å². The molecule has 0 amide bonds. The number of rotatable bonds is 6. The van der Waals surface area contributed by atoms with Gasteiger partial charge in [0.05, 0.1) is 7.11 Å². The van der Waals surface area contributed by atoms with E-state index in [4.69, 9.17) is 9.99 Å². The van der Waals surface area contributed by atoms with E-state index in [1.165, 1.54) is 31.4 Å². The molecule has 1 rings (SSSR count). The number of hydrogen-bond acceptors (Lipinski definition) is 7. The summed E-state index contributed by atoms with van der Waals surface area (Å²) in [7, 11) is 1.43. The second-order valence-corrected chi connectivity index (χ2v) is 3.62. The maximum Gasteiger partial charge on any atom is 0.416 e. The molecule has 0 unspecified atom stereocenters. The normalized spacial score (nSPS) is 11.1. The SMILES string of the molecule is COc1ccc(OC(=O)C(F)(F)SOOO)cc1. The number of carbonyl (C=O) groups excluding carboxylic acids is 1. The Kier molecular flexibility index (Phi) is 5.28. The molecule has 0 fully saturated rings. The molecule has 0 heterocycles. The van der Waals surface area contributed by atoms with Gasteiger partial charge in [-0.1, -0.05) is 5.04 Å². The van der Waals surface area contributed by atoms with Gasteiger partial charge in [0.25, 0.3) is 0 Å². The molecule has 18 heavy (non-hydrogen) atoms. The summed E-state index contributed by atoms with van der Waals surface area (Å²) in [6, 6.07) is 5.42. The molecular weight excluding hydrogens is 274 g/mol. The zero-order chi connectivity index (χ0) is 13.6. The molecule has 0 aliphatic rings. The summed E-state index contributed by atoms with van der Waals surface area (Å²) in [5, 5.41) is 6.66. The average molecular weight is 282 g/mol. The molecule has 0 radical (unpaired) electrons. The van der Waals surface area contributed by atoms with E-state index in [1.807, 2.05) is 0 Å². The number of carbonyl (C=O) groups is 1. The van der Waals surface area contributed by atoms with Gasteiger partial charge < -0.3 is 9.47 Å². The van der Waals surface area contributed by atoms with Crippen molar-refractivity contribution < 1.29 is 37.7 Å². The quantitative estimate of drug-likeness (QED) is 0.282. The highest BCUT2D eigenvalue weighted by atomic mass is 32.2. The van der Waals surface area contributed by atoms with Gasteiger partial charge in [0, 0.05) is 0 Å². The lowest BCUT2D eigenvalue weighted by atomic mass is 10.3. The van der Waals surface area contributed by atoms with Crippen LogP contribution in [-0.2, 0) is 14.2 Å². The van der Waals surface area contributed by atoms with Gasteiger partial charge in [-0.3, -0.25) is 0 Å². The Labute approximate surface area is 104 Å². The van der Waals surface area contributed by atoms with Gasteiger partial charge in [-0.15, -0.1) is 4.33 Å². The fourth-order valence-corrected chi connectivity index (χ4v) is 1.13. The standard InChI is InChI=1S/C9H8F2O6S/c1-14-6-2-4-7(5-3-6)15-8(12)9(10,11)18-17-16-13/h2-5,13H,1H3. The van der Waals surface area contributed by atoms with Crippen LogP contribution in [0, 0.1) is 0 Å². The Balaban J connectivity index is 2.62. The fourth-order valence-electron chi connectivity index (χ4n) is 0.902. The Morgan fingerprint density at radius 1 is 1.28 bits per heavy atom. The van der Waals surface area contributed by atoms with Gasteiger partial charge in [-0.25, -0.2) is 10.1 Å². The summed E-state index contributed by atoms with van der Waals surface area (Å²) in [6.45, 7) is 0. The van der Waals surface area contributed by atoms with Crippen molar-refractivity contribution in [1.82, 2.24) is 0 Å². The summed E-state index contributed by atoms with van der Waals surface area (Å²) < 4.78 is 38.7. The monoisotopic (exact) mass is 282 g/mol. The van der Waals surface area contributed by atoms with Crippen LogP contribution in [0.1, 0.15) is 0 Å². The molecule has 0 spiro atoms. The van der Waals surface area contributed by atoms with Crippen molar-refractivity contribution in [2.75, 3.05) is 7.11 Å². The summed E-state index contributed by atoms with van der Waals surface area (Å²) in [5.41, 5.74) is 0. The van der Waals surface area contributed by atoms with Crippen LogP contribution in [0.4, 0.5) is 8.78 Å². The first-order valence-electron chi connectivity index (χ1n) is 4.39. The van der Waals surface area contributed by atoms with Crippen molar-refractivity contribution in [3.63, 3.8) is 0 Å². The zero-order valence-electron chi connectivity index (χ0n) is 8.96. The summed E-state index contributed by atoms with van der Waals surface area (Å²) in [4.78, 5) is 11.1. The third-order valence-corrected chi connectivity index (χ3v) is 2.18. The first kappa shape index (κ1) is 14.6. The Morgan fingerprint density at radius 3 is 2.33 bits per heavy atom. The van der Waals surface area contributed by atoms with Crippen LogP contribution in [0.15, 0.2) is 24.3 Å². The topological polar surface area (TPSA) is 74.2 Å². The Morgan fingerprint density at radius 2 is 1.83 bits per heavy atom. The third-order valence-electron chi connectivity index (χ3n) is 1.68. The van der Waals surface area contributed by atoms with Crippen molar-refractivity contribution in [3.8, 4) is 11.5 Å². The van der Waals surface area contributed by atoms with Crippen molar-refractivity contribution in [3.05, 3.63) is 24.3 Å². The minimum Gasteiger partial charge on any atom is -0.497 e. The number of esters is 1. The van der Waals surface area contributed by atoms with E-state index in [0.29, 0.717) is 5.75 Å². The molecule has 0 saturated carbocycles. The second kappa shape index (κ2) is 6.50. The molecule has 9 heteroatoms. The van der Waals surface area contributed by atoms with E-state index in [2.05, 4.69) is 14.1 Å². The molecule has 0 aliphatic carbocycles. The van der Waals surface area contributed by atoms with Gasteiger partial charge >= 0.3 is 11.2 Å². The summed E-state index contributed by atoms with van der Waals surface area (Å²) in [6.07, 6.45) is 0. The number of halogens is 2. The van der Waals surface area contributed by atoms with Crippen LogP contribution in [0.5, 0.6) is 11.5 Å².